The summed E-state index contributed by atoms with van der Waals surface area (Å²) in [6.07, 6.45) is 3.89. The Hall–Kier alpha value is -0.780. The lowest BCUT2D eigenvalue weighted by atomic mass is 9.87. The Morgan fingerprint density at radius 1 is 1.00 bits per heavy atom. The monoisotopic (exact) mass is 190 g/mol. The molecule has 2 atom stereocenters. The average molecular weight is 190 g/mol. The first kappa shape index (κ1) is 11.3. The molecule has 0 bridgehead atoms. The Labute approximate surface area is 88.4 Å². The normalized spacial score (nSPS) is 15.1. The van der Waals surface area contributed by atoms with Gasteiger partial charge < -0.3 is 0 Å². The summed E-state index contributed by atoms with van der Waals surface area (Å²) in [6, 6.07) is 10.8. The third-order valence-electron chi connectivity index (χ3n) is 3.12. The standard InChI is InChI=1S/C14H22/c1-4-8-12(2)13(3)11-14-9-6-5-7-10-14/h5-7,9-10,12-13H,4,8,11H2,1-3H3. The van der Waals surface area contributed by atoms with Crippen LogP contribution in [0.2, 0.25) is 0 Å². The molecule has 0 aliphatic carbocycles. The minimum Gasteiger partial charge on any atom is -0.0654 e. The second-order valence-corrected chi connectivity index (χ2v) is 4.43. The fraction of sp³-hybridized carbons (Fsp3) is 0.571. The van der Waals surface area contributed by atoms with E-state index in [1.165, 1.54) is 24.8 Å². The van der Waals surface area contributed by atoms with Crippen molar-refractivity contribution in [2.45, 2.75) is 40.0 Å². The van der Waals surface area contributed by atoms with Crippen LogP contribution < -0.4 is 0 Å². The van der Waals surface area contributed by atoms with Crippen LogP contribution in [0.25, 0.3) is 0 Å². The van der Waals surface area contributed by atoms with Crippen LogP contribution in [0.15, 0.2) is 30.3 Å². The van der Waals surface area contributed by atoms with Gasteiger partial charge in [0.1, 0.15) is 0 Å². The van der Waals surface area contributed by atoms with E-state index in [-0.39, 0.29) is 0 Å². The van der Waals surface area contributed by atoms with E-state index in [1.54, 1.807) is 0 Å². The molecule has 0 radical (unpaired) electrons. The van der Waals surface area contributed by atoms with Crippen molar-refractivity contribution in [3.8, 4) is 0 Å². The zero-order valence-electron chi connectivity index (χ0n) is 9.66. The topological polar surface area (TPSA) is 0 Å². The van der Waals surface area contributed by atoms with Crippen molar-refractivity contribution in [1.82, 2.24) is 0 Å². The van der Waals surface area contributed by atoms with Crippen molar-refractivity contribution < 1.29 is 0 Å². The maximum absolute atomic E-state index is 2.37. The lowest BCUT2D eigenvalue weighted by Gasteiger charge is -2.19. The molecule has 0 nitrogen and oxygen atoms in total. The quantitative estimate of drug-likeness (QED) is 0.649. The number of rotatable bonds is 5. The highest BCUT2D eigenvalue weighted by Crippen LogP contribution is 2.20. The maximum Gasteiger partial charge on any atom is -0.0250 e. The molecule has 0 spiro atoms. The van der Waals surface area contributed by atoms with E-state index in [9.17, 15) is 0 Å². The van der Waals surface area contributed by atoms with Crippen molar-refractivity contribution in [1.29, 1.82) is 0 Å². The van der Waals surface area contributed by atoms with Crippen molar-refractivity contribution in [3.05, 3.63) is 35.9 Å². The Balaban J connectivity index is 2.44. The van der Waals surface area contributed by atoms with E-state index in [0.29, 0.717) is 0 Å². The fourth-order valence-corrected chi connectivity index (χ4v) is 1.93. The van der Waals surface area contributed by atoms with Crippen LogP contribution in [0.5, 0.6) is 0 Å². The van der Waals surface area contributed by atoms with Gasteiger partial charge in [-0.15, -0.1) is 0 Å². The fourth-order valence-electron chi connectivity index (χ4n) is 1.93. The van der Waals surface area contributed by atoms with Crippen molar-refractivity contribution in [2.75, 3.05) is 0 Å². The van der Waals surface area contributed by atoms with Gasteiger partial charge in [-0.05, 0) is 23.8 Å². The summed E-state index contributed by atoms with van der Waals surface area (Å²) in [6.45, 7) is 7.01. The van der Waals surface area contributed by atoms with Crippen LogP contribution in [-0.4, -0.2) is 0 Å². The SMILES string of the molecule is CCCC(C)C(C)Cc1ccccc1. The molecular weight excluding hydrogens is 168 g/mol. The van der Waals surface area contributed by atoms with Crippen molar-refractivity contribution in [2.24, 2.45) is 11.8 Å². The van der Waals surface area contributed by atoms with E-state index in [0.717, 1.165) is 11.8 Å². The van der Waals surface area contributed by atoms with E-state index < -0.39 is 0 Å². The lowest BCUT2D eigenvalue weighted by molar-refractivity contribution is 0.359. The number of hydrogen-bond acceptors (Lipinski definition) is 0. The summed E-state index contributed by atoms with van der Waals surface area (Å²) in [4.78, 5) is 0. The molecule has 0 N–H and O–H groups in total. The molecule has 1 aromatic carbocycles. The van der Waals surface area contributed by atoms with Gasteiger partial charge in [-0.1, -0.05) is 63.9 Å². The summed E-state index contributed by atoms with van der Waals surface area (Å²) in [5.74, 6) is 1.65. The molecule has 0 heterocycles. The van der Waals surface area contributed by atoms with Crippen molar-refractivity contribution in [3.63, 3.8) is 0 Å². The van der Waals surface area contributed by atoms with Gasteiger partial charge in [0.05, 0.1) is 0 Å². The first-order valence-electron chi connectivity index (χ1n) is 5.78. The van der Waals surface area contributed by atoms with E-state index in [4.69, 9.17) is 0 Å². The molecule has 0 saturated heterocycles. The molecule has 0 aliphatic heterocycles. The van der Waals surface area contributed by atoms with Crippen LogP contribution in [0.3, 0.4) is 0 Å². The molecule has 1 aromatic rings. The second kappa shape index (κ2) is 5.85. The Kier molecular flexibility index (Phi) is 4.72. The van der Waals surface area contributed by atoms with Crippen molar-refractivity contribution >= 4 is 0 Å². The molecular formula is C14H22. The van der Waals surface area contributed by atoms with E-state index in [1.807, 2.05) is 0 Å². The highest BCUT2D eigenvalue weighted by Gasteiger charge is 2.11. The molecule has 2 unspecified atom stereocenters. The molecule has 0 heteroatoms. The van der Waals surface area contributed by atoms with Gasteiger partial charge in [-0.25, -0.2) is 0 Å². The maximum atomic E-state index is 2.37. The third kappa shape index (κ3) is 3.53. The molecule has 0 saturated carbocycles. The van der Waals surface area contributed by atoms with Gasteiger partial charge in [0, 0.05) is 0 Å². The highest BCUT2D eigenvalue weighted by atomic mass is 14.2. The molecule has 14 heavy (non-hydrogen) atoms. The summed E-state index contributed by atoms with van der Waals surface area (Å²) in [7, 11) is 0. The minimum atomic E-state index is 0.803. The third-order valence-corrected chi connectivity index (χ3v) is 3.12. The van der Waals surface area contributed by atoms with E-state index in [2.05, 4.69) is 51.1 Å². The number of hydrogen-bond donors (Lipinski definition) is 0. The first-order valence-corrected chi connectivity index (χ1v) is 5.78. The summed E-state index contributed by atoms with van der Waals surface area (Å²) in [5, 5.41) is 0. The molecule has 1 rings (SSSR count). The van der Waals surface area contributed by atoms with Gasteiger partial charge >= 0.3 is 0 Å². The Morgan fingerprint density at radius 3 is 2.21 bits per heavy atom. The predicted octanol–water partition coefficient (Wildman–Crippen LogP) is 4.30. The first-order chi connectivity index (χ1) is 6.74. The zero-order valence-corrected chi connectivity index (χ0v) is 9.66. The summed E-state index contributed by atoms with van der Waals surface area (Å²) < 4.78 is 0. The van der Waals surface area contributed by atoms with E-state index >= 15 is 0 Å². The van der Waals surface area contributed by atoms with Gasteiger partial charge in [-0.3, -0.25) is 0 Å². The highest BCUT2D eigenvalue weighted by molar-refractivity contribution is 5.15. The van der Waals surface area contributed by atoms with Crippen LogP contribution in [-0.2, 0) is 6.42 Å². The zero-order chi connectivity index (χ0) is 10.4. The molecule has 78 valence electrons. The van der Waals surface area contributed by atoms with Crippen LogP contribution in [0.1, 0.15) is 39.2 Å². The molecule has 0 fully saturated rings. The largest absolute Gasteiger partial charge is 0.0654 e. The average Bonchev–Trinajstić information content (AvgIpc) is 2.19. The van der Waals surface area contributed by atoms with Gasteiger partial charge in [0.25, 0.3) is 0 Å². The van der Waals surface area contributed by atoms with Gasteiger partial charge in [0.2, 0.25) is 0 Å². The molecule has 0 aliphatic rings. The molecule has 0 amide bonds. The van der Waals surface area contributed by atoms with Crippen LogP contribution in [0.4, 0.5) is 0 Å². The Morgan fingerprint density at radius 2 is 1.64 bits per heavy atom. The van der Waals surface area contributed by atoms with Crippen LogP contribution >= 0.6 is 0 Å². The Bertz CT molecular complexity index is 237. The minimum absolute atomic E-state index is 0.803. The van der Waals surface area contributed by atoms with Gasteiger partial charge in [0.15, 0.2) is 0 Å². The second-order valence-electron chi connectivity index (χ2n) is 4.43. The summed E-state index contributed by atoms with van der Waals surface area (Å²) >= 11 is 0. The molecule has 0 aromatic heterocycles. The van der Waals surface area contributed by atoms with Crippen LogP contribution in [0, 0.1) is 11.8 Å². The lowest BCUT2D eigenvalue weighted by Crippen LogP contribution is -2.10. The predicted molar refractivity (Wildman–Crippen MR) is 63.4 cm³/mol. The number of benzene rings is 1. The smallest absolute Gasteiger partial charge is 0.0250 e. The summed E-state index contributed by atoms with van der Waals surface area (Å²) in [5.41, 5.74) is 1.47. The van der Waals surface area contributed by atoms with Gasteiger partial charge in [-0.2, -0.15) is 0 Å².